The van der Waals surface area contributed by atoms with E-state index in [1.54, 1.807) is 6.20 Å². The number of nitrogens with zero attached hydrogens (tertiary/aromatic N) is 2. The number of pyridine rings is 1. The van der Waals surface area contributed by atoms with Gasteiger partial charge in [-0.25, -0.2) is 15.3 Å². The summed E-state index contributed by atoms with van der Waals surface area (Å²) in [5.74, 6) is 0.393. The summed E-state index contributed by atoms with van der Waals surface area (Å²) in [5, 5.41) is 0. The summed E-state index contributed by atoms with van der Waals surface area (Å²) in [4.78, 5) is 23.4. The van der Waals surface area contributed by atoms with E-state index in [4.69, 9.17) is 4.84 Å². The number of hydrogen-bond donors (Lipinski definition) is 1. The van der Waals surface area contributed by atoms with Crippen molar-refractivity contribution in [3.8, 4) is 0 Å². The third-order valence-corrected chi connectivity index (χ3v) is 2.50. The number of nitrogens with one attached hydrogen (secondary N) is 1. The first-order valence-corrected chi connectivity index (χ1v) is 5.76. The molecule has 1 aromatic heterocycles. The molecule has 0 aliphatic carbocycles. The van der Waals surface area contributed by atoms with E-state index >= 15 is 0 Å². The number of cyclic esters (lactones) is 1. The van der Waals surface area contributed by atoms with E-state index in [2.05, 4.69) is 36.1 Å². The Labute approximate surface area is 106 Å². The Hall–Kier alpha value is -1.47. The molecule has 6 nitrogen and oxygen atoms in total. The maximum absolute atomic E-state index is 10.6. The van der Waals surface area contributed by atoms with Gasteiger partial charge in [-0.2, -0.15) is 4.99 Å². The zero-order chi connectivity index (χ0) is 12.1. The van der Waals surface area contributed by atoms with Crippen molar-refractivity contribution >= 4 is 27.9 Å². The average Bonchev–Trinajstić information content (AvgIpc) is 2.73. The molecule has 1 aliphatic rings. The second-order valence-electron chi connectivity index (χ2n) is 3.30. The maximum Gasteiger partial charge on any atom is 0.435 e. The summed E-state index contributed by atoms with van der Waals surface area (Å²) in [7, 11) is 0. The van der Waals surface area contributed by atoms with Gasteiger partial charge in [-0.05, 0) is 34.0 Å². The van der Waals surface area contributed by atoms with Crippen LogP contribution in [-0.2, 0) is 16.0 Å². The third-order valence-electron chi connectivity index (χ3n) is 2.03. The van der Waals surface area contributed by atoms with E-state index in [1.165, 1.54) is 0 Å². The Morgan fingerprint density at radius 2 is 2.41 bits per heavy atom. The predicted octanol–water partition coefficient (Wildman–Crippen LogP) is 1.46. The van der Waals surface area contributed by atoms with Crippen LogP contribution in [0.15, 0.2) is 27.9 Å². The molecule has 0 saturated heterocycles. The molecule has 0 unspecified atom stereocenters. The zero-order valence-electron chi connectivity index (χ0n) is 8.85. The van der Waals surface area contributed by atoms with Gasteiger partial charge < -0.3 is 4.74 Å². The van der Waals surface area contributed by atoms with Gasteiger partial charge in [-0.1, -0.05) is 6.07 Å². The fourth-order valence-electron chi connectivity index (χ4n) is 1.21. The van der Waals surface area contributed by atoms with Crippen LogP contribution in [0.5, 0.6) is 0 Å². The van der Waals surface area contributed by atoms with Gasteiger partial charge in [-0.3, -0.25) is 4.84 Å². The van der Waals surface area contributed by atoms with Crippen molar-refractivity contribution in [3.63, 3.8) is 0 Å². The Kier molecular flexibility index (Phi) is 4.05. The molecule has 0 radical (unpaired) electrons. The number of hydrogen-bond acceptors (Lipinski definition) is 5. The highest BCUT2D eigenvalue weighted by Crippen LogP contribution is 2.06. The van der Waals surface area contributed by atoms with Crippen molar-refractivity contribution in [3.05, 3.63) is 28.5 Å². The molecule has 1 aromatic rings. The Morgan fingerprint density at radius 3 is 3.06 bits per heavy atom. The molecule has 1 aliphatic heterocycles. The average molecular weight is 300 g/mol. The van der Waals surface area contributed by atoms with Gasteiger partial charge >= 0.3 is 6.09 Å². The molecule has 0 spiro atoms. The fraction of sp³-hybridized carbons (Fsp3) is 0.300. The van der Waals surface area contributed by atoms with Gasteiger partial charge in [0.1, 0.15) is 4.60 Å². The first kappa shape index (κ1) is 12.0. The number of rotatable bonds is 4. The lowest BCUT2D eigenvalue weighted by Crippen LogP contribution is -2.25. The van der Waals surface area contributed by atoms with Crippen LogP contribution in [0.1, 0.15) is 5.56 Å². The van der Waals surface area contributed by atoms with Crippen LogP contribution in [0.25, 0.3) is 0 Å². The number of carbonyl (C=O) groups is 1. The van der Waals surface area contributed by atoms with Crippen LogP contribution in [-0.4, -0.2) is 30.1 Å². The van der Waals surface area contributed by atoms with E-state index in [1.807, 2.05) is 12.1 Å². The number of aliphatic imine (C=N–C) groups is 1. The maximum atomic E-state index is 10.6. The van der Waals surface area contributed by atoms with Crippen molar-refractivity contribution < 1.29 is 14.4 Å². The quantitative estimate of drug-likeness (QED) is 0.518. The number of ether oxygens (including phenoxy) is 1. The number of hydroxylamine groups is 1. The van der Waals surface area contributed by atoms with Crippen molar-refractivity contribution in [1.82, 2.24) is 10.5 Å². The van der Waals surface area contributed by atoms with E-state index < -0.39 is 6.09 Å². The summed E-state index contributed by atoms with van der Waals surface area (Å²) in [6, 6.07) is 3.83. The van der Waals surface area contributed by atoms with E-state index in [9.17, 15) is 4.79 Å². The minimum atomic E-state index is -0.590. The highest BCUT2D eigenvalue weighted by atomic mass is 79.9. The van der Waals surface area contributed by atoms with Crippen molar-refractivity contribution in [2.75, 3.05) is 13.2 Å². The van der Waals surface area contributed by atoms with Gasteiger partial charge in [0.05, 0.1) is 6.61 Å². The Balaban J connectivity index is 1.68. The lowest BCUT2D eigenvalue weighted by molar-refractivity contribution is 0.0848. The predicted molar refractivity (Wildman–Crippen MR) is 63.5 cm³/mol. The number of aromatic nitrogens is 1. The smallest absolute Gasteiger partial charge is 0.435 e. The molecule has 1 N–H and O–H groups in total. The second kappa shape index (κ2) is 5.74. The van der Waals surface area contributed by atoms with Crippen LogP contribution < -0.4 is 5.48 Å². The van der Waals surface area contributed by atoms with Gasteiger partial charge in [0.25, 0.3) is 0 Å². The minimum Gasteiger partial charge on any atom is -0.440 e. The summed E-state index contributed by atoms with van der Waals surface area (Å²) < 4.78 is 5.40. The van der Waals surface area contributed by atoms with Crippen LogP contribution in [0.2, 0.25) is 0 Å². The molecule has 17 heavy (non-hydrogen) atoms. The summed E-state index contributed by atoms with van der Waals surface area (Å²) in [6.45, 7) is 0.592. The number of amidine groups is 1. The largest absolute Gasteiger partial charge is 0.440 e. The van der Waals surface area contributed by atoms with Gasteiger partial charge in [0.2, 0.25) is 0 Å². The van der Waals surface area contributed by atoms with Crippen LogP contribution in [0.4, 0.5) is 4.79 Å². The van der Waals surface area contributed by atoms with Crippen LogP contribution in [0, 0.1) is 0 Å². The van der Waals surface area contributed by atoms with Gasteiger partial charge in [0.15, 0.2) is 12.4 Å². The SMILES string of the molecule is O=C1N=C(NOCCc2ccc(Br)nc2)CO1. The lowest BCUT2D eigenvalue weighted by Gasteiger charge is -2.05. The molecule has 1 amide bonds. The van der Waals surface area contributed by atoms with Gasteiger partial charge in [0, 0.05) is 6.20 Å². The molecule has 2 rings (SSSR count). The first-order valence-electron chi connectivity index (χ1n) is 4.96. The van der Waals surface area contributed by atoms with Crippen molar-refractivity contribution in [2.24, 2.45) is 4.99 Å². The van der Waals surface area contributed by atoms with Gasteiger partial charge in [-0.15, -0.1) is 0 Å². The summed E-state index contributed by atoms with van der Waals surface area (Å²) >= 11 is 3.26. The Morgan fingerprint density at radius 1 is 1.53 bits per heavy atom. The molecule has 0 atom stereocenters. The minimum absolute atomic E-state index is 0.138. The molecule has 7 heteroatoms. The Bertz CT molecular complexity index is 433. The summed E-state index contributed by atoms with van der Waals surface area (Å²) in [6.07, 6.45) is 1.90. The molecule has 0 saturated carbocycles. The molecule has 90 valence electrons. The summed E-state index contributed by atoms with van der Waals surface area (Å²) in [5.41, 5.74) is 3.63. The third kappa shape index (κ3) is 3.79. The number of carbonyl (C=O) groups excluding carboxylic acids is 1. The van der Waals surface area contributed by atoms with E-state index in [0.717, 1.165) is 16.6 Å². The van der Waals surface area contributed by atoms with Crippen molar-refractivity contribution in [2.45, 2.75) is 6.42 Å². The van der Waals surface area contributed by atoms with Crippen molar-refractivity contribution in [1.29, 1.82) is 0 Å². The van der Waals surface area contributed by atoms with Crippen LogP contribution >= 0.6 is 15.9 Å². The molecule has 0 fully saturated rings. The molecule has 0 bridgehead atoms. The normalized spacial score (nSPS) is 14.4. The molecule has 2 heterocycles. The number of halogens is 1. The fourth-order valence-corrected chi connectivity index (χ4v) is 1.45. The number of amides is 1. The highest BCUT2D eigenvalue weighted by molar-refractivity contribution is 9.10. The topological polar surface area (TPSA) is 72.8 Å². The molecular formula is C10H10BrN3O3. The lowest BCUT2D eigenvalue weighted by atomic mass is 10.2. The monoisotopic (exact) mass is 299 g/mol. The van der Waals surface area contributed by atoms with E-state index in [-0.39, 0.29) is 6.61 Å². The van der Waals surface area contributed by atoms with E-state index in [0.29, 0.717) is 12.4 Å². The molecule has 0 aromatic carbocycles. The first-order chi connectivity index (χ1) is 8.24. The standard InChI is InChI=1S/C10H10BrN3O3/c11-8-2-1-7(5-12-8)3-4-17-14-9-6-16-10(15)13-9/h1-2,5H,3-4,6H2,(H,13,14,15). The van der Waals surface area contributed by atoms with Crippen LogP contribution in [0.3, 0.4) is 0 Å². The zero-order valence-corrected chi connectivity index (χ0v) is 10.4. The molecular weight excluding hydrogens is 290 g/mol. The second-order valence-corrected chi connectivity index (χ2v) is 4.12. The highest BCUT2D eigenvalue weighted by Gasteiger charge is 2.14.